The fourth-order valence-corrected chi connectivity index (χ4v) is 1.81. The molecule has 1 heterocycles. The molecule has 0 radical (unpaired) electrons. The maximum Gasteiger partial charge on any atom is 0.161 e. The number of hydrogen-bond acceptors (Lipinski definition) is 3. The van der Waals surface area contributed by atoms with Crippen LogP contribution in [0.5, 0.6) is 0 Å². The van der Waals surface area contributed by atoms with Gasteiger partial charge in [0, 0.05) is 22.8 Å². The summed E-state index contributed by atoms with van der Waals surface area (Å²) in [5.74, 6) is 1.61. The molecule has 0 spiro atoms. The maximum absolute atomic E-state index is 4.47. The standard InChI is InChI=1S/C13H14BrN3/c1-3-15-12-6-7-16-13(17-12)10-4-5-11(14)9(2)8-10/h4-8H,3H2,1-2H3,(H,15,16,17). The quantitative estimate of drug-likeness (QED) is 0.938. The average molecular weight is 292 g/mol. The molecule has 0 aliphatic carbocycles. The van der Waals surface area contributed by atoms with Crippen molar-refractivity contribution < 1.29 is 0 Å². The van der Waals surface area contributed by atoms with E-state index in [-0.39, 0.29) is 0 Å². The Balaban J connectivity index is 2.38. The Morgan fingerprint density at radius 1 is 1.29 bits per heavy atom. The molecular formula is C13H14BrN3. The van der Waals surface area contributed by atoms with Crippen LogP contribution in [-0.2, 0) is 0 Å². The van der Waals surface area contributed by atoms with Crippen molar-refractivity contribution in [3.8, 4) is 11.4 Å². The van der Waals surface area contributed by atoms with Crippen LogP contribution in [0.1, 0.15) is 12.5 Å². The van der Waals surface area contributed by atoms with Crippen LogP contribution < -0.4 is 5.32 Å². The van der Waals surface area contributed by atoms with Gasteiger partial charge in [-0.2, -0.15) is 0 Å². The Hall–Kier alpha value is -1.42. The summed E-state index contributed by atoms with van der Waals surface area (Å²) in [5.41, 5.74) is 2.21. The summed E-state index contributed by atoms with van der Waals surface area (Å²) in [6.45, 7) is 4.96. The van der Waals surface area contributed by atoms with E-state index >= 15 is 0 Å². The summed E-state index contributed by atoms with van der Waals surface area (Å²) >= 11 is 3.49. The van der Waals surface area contributed by atoms with Crippen LogP contribution in [0.2, 0.25) is 0 Å². The fraction of sp³-hybridized carbons (Fsp3) is 0.231. The highest BCUT2D eigenvalue weighted by atomic mass is 79.9. The van der Waals surface area contributed by atoms with Crippen LogP contribution >= 0.6 is 15.9 Å². The zero-order valence-electron chi connectivity index (χ0n) is 9.87. The van der Waals surface area contributed by atoms with Crippen molar-refractivity contribution in [3.05, 3.63) is 40.5 Å². The van der Waals surface area contributed by atoms with Gasteiger partial charge in [-0.3, -0.25) is 0 Å². The third-order valence-corrected chi connectivity index (χ3v) is 3.32. The minimum absolute atomic E-state index is 0.749. The summed E-state index contributed by atoms with van der Waals surface area (Å²) in [5, 5.41) is 3.18. The Morgan fingerprint density at radius 3 is 2.82 bits per heavy atom. The lowest BCUT2D eigenvalue weighted by atomic mass is 10.1. The van der Waals surface area contributed by atoms with Gasteiger partial charge in [-0.25, -0.2) is 9.97 Å². The van der Waals surface area contributed by atoms with E-state index in [0.29, 0.717) is 0 Å². The summed E-state index contributed by atoms with van der Waals surface area (Å²) in [4.78, 5) is 8.76. The van der Waals surface area contributed by atoms with E-state index in [0.717, 1.165) is 28.2 Å². The third kappa shape index (κ3) is 2.82. The normalized spacial score (nSPS) is 10.3. The molecule has 0 saturated heterocycles. The summed E-state index contributed by atoms with van der Waals surface area (Å²) in [6.07, 6.45) is 1.78. The van der Waals surface area contributed by atoms with Gasteiger partial charge in [0.05, 0.1) is 0 Å². The van der Waals surface area contributed by atoms with Crippen molar-refractivity contribution in [1.29, 1.82) is 0 Å². The van der Waals surface area contributed by atoms with Gasteiger partial charge in [-0.05, 0) is 37.6 Å². The second kappa shape index (κ2) is 5.27. The van der Waals surface area contributed by atoms with E-state index in [1.807, 2.05) is 25.1 Å². The highest BCUT2D eigenvalue weighted by Gasteiger charge is 2.04. The van der Waals surface area contributed by atoms with Crippen molar-refractivity contribution in [1.82, 2.24) is 9.97 Å². The van der Waals surface area contributed by atoms with Gasteiger partial charge in [0.2, 0.25) is 0 Å². The molecule has 1 aromatic heterocycles. The molecular weight excluding hydrogens is 278 g/mol. The minimum atomic E-state index is 0.749. The molecule has 0 aliphatic rings. The predicted molar refractivity (Wildman–Crippen MR) is 74.1 cm³/mol. The van der Waals surface area contributed by atoms with Gasteiger partial charge >= 0.3 is 0 Å². The monoisotopic (exact) mass is 291 g/mol. The smallest absolute Gasteiger partial charge is 0.161 e. The molecule has 0 bridgehead atoms. The van der Waals surface area contributed by atoms with Crippen LogP contribution in [0.15, 0.2) is 34.9 Å². The first kappa shape index (κ1) is 12.0. The number of anilines is 1. The summed E-state index contributed by atoms with van der Waals surface area (Å²) < 4.78 is 1.10. The molecule has 0 atom stereocenters. The lowest BCUT2D eigenvalue weighted by Gasteiger charge is -2.06. The van der Waals surface area contributed by atoms with Crippen molar-refractivity contribution >= 4 is 21.7 Å². The number of benzene rings is 1. The van der Waals surface area contributed by atoms with Crippen LogP contribution in [0.3, 0.4) is 0 Å². The largest absolute Gasteiger partial charge is 0.370 e. The molecule has 0 fully saturated rings. The van der Waals surface area contributed by atoms with Gasteiger partial charge in [-0.15, -0.1) is 0 Å². The Kier molecular flexibility index (Phi) is 3.74. The van der Waals surface area contributed by atoms with Crippen molar-refractivity contribution in [2.75, 3.05) is 11.9 Å². The van der Waals surface area contributed by atoms with E-state index in [1.54, 1.807) is 6.20 Å². The first-order valence-electron chi connectivity index (χ1n) is 5.54. The lowest BCUT2D eigenvalue weighted by Crippen LogP contribution is -2.00. The van der Waals surface area contributed by atoms with E-state index in [2.05, 4.69) is 44.2 Å². The molecule has 1 N–H and O–H groups in total. The highest BCUT2D eigenvalue weighted by Crippen LogP contribution is 2.23. The van der Waals surface area contributed by atoms with Gasteiger partial charge in [0.1, 0.15) is 5.82 Å². The van der Waals surface area contributed by atoms with Crippen LogP contribution in [0, 0.1) is 6.92 Å². The molecule has 0 aliphatic heterocycles. The lowest BCUT2D eigenvalue weighted by molar-refractivity contribution is 1.12. The number of rotatable bonds is 3. The van der Waals surface area contributed by atoms with E-state index in [1.165, 1.54) is 5.56 Å². The maximum atomic E-state index is 4.47. The number of aryl methyl sites for hydroxylation is 1. The Morgan fingerprint density at radius 2 is 2.12 bits per heavy atom. The Bertz CT molecular complexity index is 526. The molecule has 0 unspecified atom stereocenters. The van der Waals surface area contributed by atoms with Crippen molar-refractivity contribution in [3.63, 3.8) is 0 Å². The zero-order valence-corrected chi connectivity index (χ0v) is 11.5. The van der Waals surface area contributed by atoms with Gasteiger partial charge in [0.15, 0.2) is 5.82 Å². The topological polar surface area (TPSA) is 37.8 Å². The predicted octanol–water partition coefficient (Wildman–Crippen LogP) is 3.65. The third-order valence-electron chi connectivity index (χ3n) is 2.43. The number of nitrogens with zero attached hydrogens (tertiary/aromatic N) is 2. The first-order chi connectivity index (χ1) is 8.20. The first-order valence-corrected chi connectivity index (χ1v) is 6.33. The van der Waals surface area contributed by atoms with E-state index in [4.69, 9.17) is 0 Å². The van der Waals surface area contributed by atoms with Crippen LogP contribution in [0.4, 0.5) is 5.82 Å². The molecule has 17 heavy (non-hydrogen) atoms. The molecule has 2 rings (SSSR count). The SMILES string of the molecule is CCNc1ccnc(-c2ccc(Br)c(C)c2)n1. The summed E-state index contributed by atoms with van der Waals surface area (Å²) in [6, 6.07) is 7.99. The number of aromatic nitrogens is 2. The number of halogens is 1. The second-order valence-electron chi connectivity index (χ2n) is 3.76. The molecule has 88 valence electrons. The second-order valence-corrected chi connectivity index (χ2v) is 4.61. The highest BCUT2D eigenvalue weighted by molar-refractivity contribution is 9.10. The molecule has 0 saturated carbocycles. The fourth-order valence-electron chi connectivity index (χ4n) is 1.56. The van der Waals surface area contributed by atoms with Gasteiger partial charge in [0.25, 0.3) is 0 Å². The molecule has 2 aromatic rings. The molecule has 3 nitrogen and oxygen atoms in total. The van der Waals surface area contributed by atoms with E-state index < -0.39 is 0 Å². The Labute approximate surface area is 109 Å². The zero-order chi connectivity index (χ0) is 12.3. The van der Waals surface area contributed by atoms with Crippen LogP contribution in [0.25, 0.3) is 11.4 Å². The average Bonchev–Trinajstić information content (AvgIpc) is 2.33. The van der Waals surface area contributed by atoms with Gasteiger partial charge < -0.3 is 5.32 Å². The van der Waals surface area contributed by atoms with Crippen molar-refractivity contribution in [2.45, 2.75) is 13.8 Å². The number of nitrogens with one attached hydrogen (secondary N) is 1. The minimum Gasteiger partial charge on any atom is -0.370 e. The van der Waals surface area contributed by atoms with Gasteiger partial charge in [-0.1, -0.05) is 22.0 Å². The van der Waals surface area contributed by atoms with Crippen molar-refractivity contribution in [2.24, 2.45) is 0 Å². The van der Waals surface area contributed by atoms with E-state index in [9.17, 15) is 0 Å². The molecule has 1 aromatic carbocycles. The number of hydrogen-bond donors (Lipinski definition) is 1. The summed E-state index contributed by atoms with van der Waals surface area (Å²) in [7, 11) is 0. The molecule has 4 heteroatoms. The van der Waals surface area contributed by atoms with Crippen LogP contribution in [-0.4, -0.2) is 16.5 Å². The molecule has 0 amide bonds.